The Morgan fingerprint density at radius 2 is 2.00 bits per heavy atom. The molecule has 1 unspecified atom stereocenters. The Morgan fingerprint density at radius 3 is 2.73 bits per heavy atom. The van der Waals surface area contributed by atoms with Crippen molar-refractivity contribution < 1.29 is 12.8 Å². The van der Waals surface area contributed by atoms with Gasteiger partial charge in [0.05, 0.1) is 6.04 Å². The molecule has 138 valence electrons. The van der Waals surface area contributed by atoms with Crippen LogP contribution in [0.5, 0.6) is 0 Å². The number of hydrogen-bond donors (Lipinski definition) is 1. The fourth-order valence-electron chi connectivity index (χ4n) is 3.39. The summed E-state index contributed by atoms with van der Waals surface area (Å²) >= 11 is 1.72. The molecule has 0 saturated carbocycles. The highest BCUT2D eigenvalue weighted by molar-refractivity contribution is 7.99. The maximum absolute atomic E-state index is 13.6. The molecule has 1 N–H and O–H groups in total. The number of pyridine rings is 1. The maximum Gasteiger partial charge on any atom is 0.244 e. The molecular formula is C18H20FN3O2S2. The van der Waals surface area contributed by atoms with Crippen LogP contribution in [-0.4, -0.2) is 36.5 Å². The van der Waals surface area contributed by atoms with Crippen molar-refractivity contribution in [3.63, 3.8) is 0 Å². The second-order valence-corrected chi connectivity index (χ2v) is 9.58. The highest BCUT2D eigenvalue weighted by atomic mass is 32.2. The van der Waals surface area contributed by atoms with Gasteiger partial charge in [0.25, 0.3) is 0 Å². The molecule has 1 fully saturated rings. The van der Waals surface area contributed by atoms with Crippen LogP contribution in [0.1, 0.15) is 30.9 Å². The predicted molar refractivity (Wildman–Crippen MR) is 100 cm³/mol. The van der Waals surface area contributed by atoms with Crippen LogP contribution in [-0.2, 0) is 10.0 Å². The number of aromatic nitrogens is 1. The van der Waals surface area contributed by atoms with E-state index in [9.17, 15) is 12.8 Å². The molecule has 1 saturated heterocycles. The average Bonchev–Trinajstić information content (AvgIpc) is 3.18. The molecule has 26 heavy (non-hydrogen) atoms. The van der Waals surface area contributed by atoms with Gasteiger partial charge >= 0.3 is 0 Å². The minimum Gasteiger partial charge on any atom is -0.363 e. The first-order valence-corrected chi connectivity index (χ1v) is 11.1. The summed E-state index contributed by atoms with van der Waals surface area (Å²) in [5, 5.41) is 3.31. The molecule has 0 aliphatic carbocycles. The van der Waals surface area contributed by atoms with Gasteiger partial charge in [-0.1, -0.05) is 0 Å². The third kappa shape index (κ3) is 3.45. The van der Waals surface area contributed by atoms with Crippen LogP contribution in [0, 0.1) is 5.82 Å². The molecule has 1 aromatic carbocycles. The second kappa shape index (κ2) is 7.17. The summed E-state index contributed by atoms with van der Waals surface area (Å²) in [6.45, 7) is 1.15. The quantitative estimate of drug-likeness (QED) is 0.859. The average molecular weight is 394 g/mol. The van der Waals surface area contributed by atoms with Gasteiger partial charge in [-0.2, -0.15) is 4.31 Å². The molecule has 0 spiro atoms. The maximum atomic E-state index is 13.6. The summed E-state index contributed by atoms with van der Waals surface area (Å²) in [4.78, 5) is 5.58. The van der Waals surface area contributed by atoms with Gasteiger partial charge in [-0.3, -0.25) is 0 Å². The van der Waals surface area contributed by atoms with Gasteiger partial charge in [-0.25, -0.2) is 17.8 Å². The number of fused-ring (bicyclic) bond motifs is 1. The van der Waals surface area contributed by atoms with Crippen molar-refractivity contribution in [2.45, 2.75) is 35.1 Å². The zero-order chi connectivity index (χ0) is 18.1. The third-order valence-corrected chi connectivity index (χ3v) is 7.78. The molecule has 5 nitrogen and oxygen atoms in total. The van der Waals surface area contributed by atoms with E-state index in [0.29, 0.717) is 18.9 Å². The van der Waals surface area contributed by atoms with E-state index in [0.717, 1.165) is 35.5 Å². The minimum atomic E-state index is -3.45. The van der Waals surface area contributed by atoms with E-state index < -0.39 is 10.0 Å². The molecular weight excluding hydrogens is 373 g/mol. The van der Waals surface area contributed by atoms with Crippen molar-refractivity contribution in [2.24, 2.45) is 0 Å². The lowest BCUT2D eigenvalue weighted by atomic mass is 10.0. The summed E-state index contributed by atoms with van der Waals surface area (Å²) in [6.07, 6.45) is 4.07. The molecule has 4 rings (SSSR count). The summed E-state index contributed by atoms with van der Waals surface area (Å²) in [5.74, 6) is 1.29. The van der Waals surface area contributed by atoms with Crippen LogP contribution in [0.25, 0.3) is 0 Å². The number of nitrogens with zero attached hydrogens (tertiary/aromatic N) is 2. The monoisotopic (exact) mass is 393 g/mol. The summed E-state index contributed by atoms with van der Waals surface area (Å²) in [5.41, 5.74) is 0.928. The smallest absolute Gasteiger partial charge is 0.244 e. The zero-order valence-corrected chi connectivity index (χ0v) is 15.8. The molecule has 2 aromatic rings. The van der Waals surface area contributed by atoms with Crippen molar-refractivity contribution >= 4 is 27.6 Å². The number of thioether (sulfide) groups is 1. The number of halogens is 1. The highest BCUT2D eigenvalue weighted by Crippen LogP contribution is 2.38. The standard InChI is InChI=1S/C18H20FN3O2S2/c19-13-3-5-17-15(11-13)16(7-10-25-17)21-18-6-4-14(12-20-18)26(23,24)22-8-1-2-9-22/h3-6,11-12,16H,1-2,7-10H2,(H,20,21). The summed E-state index contributed by atoms with van der Waals surface area (Å²) in [6, 6.07) is 8.09. The van der Waals surface area contributed by atoms with Crippen molar-refractivity contribution in [1.29, 1.82) is 0 Å². The first-order valence-electron chi connectivity index (χ1n) is 8.69. The van der Waals surface area contributed by atoms with Crippen LogP contribution in [0.15, 0.2) is 46.3 Å². The number of hydrogen-bond acceptors (Lipinski definition) is 5. The van der Waals surface area contributed by atoms with Gasteiger partial charge in [0.2, 0.25) is 10.0 Å². The van der Waals surface area contributed by atoms with E-state index in [1.165, 1.54) is 16.6 Å². The van der Waals surface area contributed by atoms with E-state index in [1.54, 1.807) is 30.0 Å². The molecule has 3 heterocycles. The summed E-state index contributed by atoms with van der Waals surface area (Å²) < 4.78 is 40.2. The van der Waals surface area contributed by atoms with Crippen LogP contribution < -0.4 is 5.32 Å². The number of anilines is 1. The van der Waals surface area contributed by atoms with Crippen LogP contribution in [0.4, 0.5) is 10.2 Å². The molecule has 8 heteroatoms. The highest BCUT2D eigenvalue weighted by Gasteiger charge is 2.27. The topological polar surface area (TPSA) is 62.3 Å². The molecule has 0 amide bonds. The van der Waals surface area contributed by atoms with E-state index in [-0.39, 0.29) is 16.8 Å². The van der Waals surface area contributed by atoms with Crippen LogP contribution in [0.3, 0.4) is 0 Å². The van der Waals surface area contributed by atoms with Crippen LogP contribution >= 0.6 is 11.8 Å². The van der Waals surface area contributed by atoms with Crippen molar-refractivity contribution in [1.82, 2.24) is 9.29 Å². The Morgan fingerprint density at radius 1 is 1.19 bits per heavy atom. The van der Waals surface area contributed by atoms with E-state index in [4.69, 9.17) is 0 Å². The Bertz CT molecular complexity index is 897. The first-order chi connectivity index (χ1) is 12.5. The fourth-order valence-corrected chi connectivity index (χ4v) is 5.96. The Labute approximate surface area is 157 Å². The summed E-state index contributed by atoms with van der Waals surface area (Å²) in [7, 11) is -3.45. The van der Waals surface area contributed by atoms with Gasteiger partial charge in [-0.15, -0.1) is 11.8 Å². The molecule has 0 bridgehead atoms. The molecule has 1 atom stereocenters. The van der Waals surface area contributed by atoms with E-state index in [1.807, 2.05) is 6.07 Å². The van der Waals surface area contributed by atoms with Crippen molar-refractivity contribution in [3.8, 4) is 0 Å². The SMILES string of the molecule is O=S(=O)(c1ccc(NC2CCSc3ccc(F)cc32)nc1)N1CCCC1. The lowest BCUT2D eigenvalue weighted by Gasteiger charge is -2.26. The number of benzene rings is 1. The third-order valence-electron chi connectivity index (χ3n) is 4.77. The number of sulfonamides is 1. The van der Waals surface area contributed by atoms with Gasteiger partial charge in [0, 0.05) is 29.9 Å². The van der Waals surface area contributed by atoms with E-state index >= 15 is 0 Å². The van der Waals surface area contributed by atoms with Gasteiger partial charge < -0.3 is 5.32 Å². The van der Waals surface area contributed by atoms with Crippen molar-refractivity contribution in [3.05, 3.63) is 47.9 Å². The number of nitrogens with one attached hydrogen (secondary N) is 1. The fraction of sp³-hybridized carbons (Fsp3) is 0.389. The van der Waals surface area contributed by atoms with Gasteiger partial charge in [0.1, 0.15) is 16.5 Å². The lowest BCUT2D eigenvalue weighted by Crippen LogP contribution is -2.28. The molecule has 2 aliphatic heterocycles. The second-order valence-electron chi connectivity index (χ2n) is 6.51. The number of rotatable bonds is 4. The molecule has 1 aromatic heterocycles. The van der Waals surface area contributed by atoms with E-state index in [2.05, 4.69) is 10.3 Å². The Hall–Kier alpha value is -1.64. The lowest BCUT2D eigenvalue weighted by molar-refractivity contribution is 0.477. The first kappa shape index (κ1) is 17.8. The molecule has 2 aliphatic rings. The van der Waals surface area contributed by atoms with Gasteiger partial charge in [-0.05, 0) is 55.2 Å². The van der Waals surface area contributed by atoms with Crippen molar-refractivity contribution in [2.75, 3.05) is 24.2 Å². The minimum absolute atomic E-state index is 0.0320. The largest absolute Gasteiger partial charge is 0.363 e. The predicted octanol–water partition coefficient (Wildman–Crippen LogP) is 3.65. The molecule has 0 radical (unpaired) electrons. The van der Waals surface area contributed by atoms with Gasteiger partial charge in [0.15, 0.2) is 0 Å². The Kier molecular flexibility index (Phi) is 4.90. The Balaban J connectivity index is 1.53. The zero-order valence-electron chi connectivity index (χ0n) is 14.2. The normalized spacial score (nSPS) is 20.7. The van der Waals surface area contributed by atoms with Crippen LogP contribution in [0.2, 0.25) is 0 Å².